The second-order valence-electron chi connectivity index (χ2n) is 3.01. The standard InChI is InChI=1S/C7H17NOS/c1-7(2,3)10-5-6(8)4-9/h6,9H,4-5,8H2,1-3H3/t6-/m1/s1/i1D. The summed E-state index contributed by atoms with van der Waals surface area (Å²) in [6, 6.07) is -0.147. The smallest absolute Gasteiger partial charge is 0.0590 e. The van der Waals surface area contributed by atoms with Gasteiger partial charge in [-0.1, -0.05) is 20.7 Å². The molecule has 0 saturated heterocycles. The first-order chi connectivity index (χ1) is 5.02. The maximum atomic E-state index is 8.62. The van der Waals surface area contributed by atoms with E-state index in [1.807, 2.05) is 13.8 Å². The van der Waals surface area contributed by atoms with Gasteiger partial charge in [0.15, 0.2) is 0 Å². The van der Waals surface area contributed by atoms with Gasteiger partial charge >= 0.3 is 0 Å². The second kappa shape index (κ2) is 4.21. The molecule has 0 bridgehead atoms. The van der Waals surface area contributed by atoms with Gasteiger partial charge in [-0.15, -0.1) is 0 Å². The van der Waals surface area contributed by atoms with E-state index in [1.165, 1.54) is 0 Å². The predicted octanol–water partition coefficient (Wildman–Crippen LogP) is 0.838. The molecule has 0 heterocycles. The van der Waals surface area contributed by atoms with Crippen molar-refractivity contribution >= 4 is 11.8 Å². The Balaban J connectivity index is 3.52. The summed E-state index contributed by atoms with van der Waals surface area (Å²) >= 11 is 1.64. The fourth-order valence-corrected chi connectivity index (χ4v) is 1.16. The van der Waals surface area contributed by atoms with Crippen LogP contribution in [0.3, 0.4) is 0 Å². The molecule has 0 aliphatic heterocycles. The molecule has 0 spiro atoms. The van der Waals surface area contributed by atoms with Crippen LogP contribution < -0.4 is 5.73 Å². The topological polar surface area (TPSA) is 46.2 Å². The van der Waals surface area contributed by atoms with Gasteiger partial charge in [-0.05, 0) is 0 Å². The molecule has 62 valence electrons. The number of hydrogen-bond acceptors (Lipinski definition) is 3. The van der Waals surface area contributed by atoms with Crippen LogP contribution in [0.2, 0.25) is 0 Å². The third kappa shape index (κ3) is 6.39. The van der Waals surface area contributed by atoms with Crippen molar-refractivity contribution in [3.8, 4) is 0 Å². The highest BCUT2D eigenvalue weighted by Gasteiger charge is 2.12. The van der Waals surface area contributed by atoms with Gasteiger partial charge in [0.25, 0.3) is 0 Å². The van der Waals surface area contributed by atoms with E-state index >= 15 is 0 Å². The van der Waals surface area contributed by atoms with E-state index in [4.69, 9.17) is 12.2 Å². The van der Waals surface area contributed by atoms with Crippen LogP contribution in [0.25, 0.3) is 0 Å². The van der Waals surface area contributed by atoms with Crippen LogP contribution in [0.1, 0.15) is 22.1 Å². The molecule has 0 saturated carbocycles. The molecule has 0 rings (SSSR count). The lowest BCUT2D eigenvalue weighted by Crippen LogP contribution is -2.29. The molecule has 1 atom stereocenters. The first kappa shape index (κ1) is 8.37. The summed E-state index contributed by atoms with van der Waals surface area (Å²) in [5.74, 6) is 0.725. The average molecular weight is 164 g/mol. The molecular weight excluding hydrogens is 146 g/mol. The lowest BCUT2D eigenvalue weighted by molar-refractivity contribution is 0.275. The van der Waals surface area contributed by atoms with E-state index in [-0.39, 0.29) is 17.4 Å². The van der Waals surface area contributed by atoms with Crippen molar-refractivity contribution in [3.63, 3.8) is 0 Å². The Labute approximate surface area is 68.6 Å². The van der Waals surface area contributed by atoms with Crippen molar-refractivity contribution in [3.05, 3.63) is 0 Å². The van der Waals surface area contributed by atoms with Crippen LogP contribution in [0.4, 0.5) is 0 Å². The first-order valence-corrected chi connectivity index (χ1v) is 4.30. The molecular formula is C7H17NOS. The van der Waals surface area contributed by atoms with Crippen molar-refractivity contribution in [1.29, 1.82) is 0 Å². The van der Waals surface area contributed by atoms with Crippen LogP contribution in [0, 0.1) is 0 Å². The molecule has 0 amide bonds. The quantitative estimate of drug-likeness (QED) is 0.649. The maximum Gasteiger partial charge on any atom is 0.0590 e. The lowest BCUT2D eigenvalue weighted by atomic mass is 10.3. The summed E-state index contributed by atoms with van der Waals surface area (Å²) in [6.07, 6.45) is 0. The summed E-state index contributed by atoms with van der Waals surface area (Å²) in [5, 5.41) is 8.62. The molecule has 0 aromatic rings. The number of rotatable bonds is 3. The van der Waals surface area contributed by atoms with Gasteiger partial charge < -0.3 is 10.8 Å². The van der Waals surface area contributed by atoms with E-state index in [1.54, 1.807) is 11.8 Å². The van der Waals surface area contributed by atoms with E-state index in [0.29, 0.717) is 6.90 Å². The predicted molar refractivity (Wildman–Crippen MR) is 47.3 cm³/mol. The highest BCUT2D eigenvalue weighted by Crippen LogP contribution is 2.22. The van der Waals surface area contributed by atoms with Gasteiger partial charge in [-0.2, -0.15) is 11.8 Å². The van der Waals surface area contributed by atoms with Gasteiger partial charge in [-0.3, -0.25) is 0 Å². The Hall–Kier alpha value is 0.270. The molecule has 0 unspecified atom stereocenters. The molecule has 3 N–H and O–H groups in total. The van der Waals surface area contributed by atoms with Crippen LogP contribution >= 0.6 is 11.8 Å². The molecule has 10 heavy (non-hydrogen) atoms. The van der Waals surface area contributed by atoms with Crippen molar-refractivity contribution < 1.29 is 6.48 Å². The second-order valence-corrected chi connectivity index (χ2v) is 4.74. The lowest BCUT2D eigenvalue weighted by Gasteiger charge is -2.19. The molecule has 0 radical (unpaired) electrons. The number of aliphatic hydroxyl groups is 1. The van der Waals surface area contributed by atoms with Crippen molar-refractivity contribution in [1.82, 2.24) is 0 Å². The molecule has 0 aromatic heterocycles. The van der Waals surface area contributed by atoms with Crippen molar-refractivity contribution in [2.75, 3.05) is 12.4 Å². The minimum absolute atomic E-state index is 0.0288. The summed E-state index contributed by atoms with van der Waals surface area (Å²) in [7, 11) is 0. The molecule has 3 heteroatoms. The SMILES string of the molecule is [2H]CC(C)(C)SC[C@H](N)CO. The zero-order chi connectivity index (χ0) is 8.91. The van der Waals surface area contributed by atoms with Gasteiger partial charge in [0.05, 0.1) is 6.61 Å². The summed E-state index contributed by atoms with van der Waals surface area (Å²) in [5.41, 5.74) is 5.50. The minimum atomic E-state index is -0.147. The van der Waals surface area contributed by atoms with E-state index in [9.17, 15) is 0 Å². The monoisotopic (exact) mass is 164 g/mol. The Kier molecular flexibility index (Phi) is 3.52. The third-order valence-corrected chi connectivity index (χ3v) is 2.30. The Morgan fingerprint density at radius 3 is 2.80 bits per heavy atom. The maximum absolute atomic E-state index is 8.62. The Bertz CT molecular complexity index is 111. The van der Waals surface area contributed by atoms with Gasteiger partial charge in [0.2, 0.25) is 0 Å². The van der Waals surface area contributed by atoms with Crippen LogP contribution in [-0.2, 0) is 0 Å². The molecule has 2 nitrogen and oxygen atoms in total. The average Bonchev–Trinajstić information content (AvgIpc) is 2.00. The Morgan fingerprint density at radius 1 is 1.80 bits per heavy atom. The third-order valence-electron chi connectivity index (χ3n) is 0.923. The fourth-order valence-electron chi connectivity index (χ4n) is 0.385. The van der Waals surface area contributed by atoms with E-state index in [2.05, 4.69) is 0 Å². The summed E-state index contributed by atoms with van der Waals surface area (Å²) in [6.45, 7) is 4.43. The largest absolute Gasteiger partial charge is 0.395 e. The van der Waals surface area contributed by atoms with Crippen molar-refractivity contribution in [2.45, 2.75) is 31.5 Å². The molecule has 0 fully saturated rings. The van der Waals surface area contributed by atoms with E-state index in [0.717, 1.165) is 5.75 Å². The van der Waals surface area contributed by atoms with E-state index < -0.39 is 0 Å². The highest BCUT2D eigenvalue weighted by molar-refractivity contribution is 8.00. The normalized spacial score (nSPS) is 16.6. The van der Waals surface area contributed by atoms with Crippen LogP contribution in [-0.4, -0.2) is 28.3 Å². The number of aliphatic hydroxyl groups excluding tert-OH is 1. The number of hydrogen-bond donors (Lipinski definition) is 2. The summed E-state index contributed by atoms with van der Waals surface area (Å²) in [4.78, 5) is 0. The fraction of sp³-hybridized carbons (Fsp3) is 1.00. The number of thioether (sulfide) groups is 1. The van der Waals surface area contributed by atoms with Gasteiger partial charge in [-0.25, -0.2) is 0 Å². The van der Waals surface area contributed by atoms with Crippen molar-refractivity contribution in [2.24, 2.45) is 5.73 Å². The van der Waals surface area contributed by atoms with Gasteiger partial charge in [0.1, 0.15) is 0 Å². The molecule has 0 aliphatic rings. The number of nitrogens with two attached hydrogens (primary N) is 1. The van der Waals surface area contributed by atoms with Gasteiger partial charge in [0, 0.05) is 17.9 Å². The minimum Gasteiger partial charge on any atom is -0.395 e. The zero-order valence-electron chi connectivity index (χ0n) is 7.63. The zero-order valence-corrected chi connectivity index (χ0v) is 7.45. The Morgan fingerprint density at radius 2 is 2.40 bits per heavy atom. The van der Waals surface area contributed by atoms with Crippen LogP contribution in [0.15, 0.2) is 0 Å². The first-order valence-electron chi connectivity index (χ1n) is 4.02. The molecule has 0 aromatic carbocycles. The van der Waals surface area contributed by atoms with Crippen LogP contribution in [0.5, 0.6) is 0 Å². The highest BCUT2D eigenvalue weighted by atomic mass is 32.2. The molecule has 0 aliphatic carbocycles. The summed E-state index contributed by atoms with van der Waals surface area (Å²) < 4.78 is 7.15.